The molecule has 18 heavy (non-hydrogen) atoms. The fourth-order valence-corrected chi connectivity index (χ4v) is 2.35. The first-order valence-electron chi connectivity index (χ1n) is 6.07. The Morgan fingerprint density at radius 1 is 1.22 bits per heavy atom. The number of aryl methyl sites for hydroxylation is 1. The van der Waals surface area contributed by atoms with Gasteiger partial charge in [-0.1, -0.05) is 29.8 Å². The molecular formula is C14H18ClN3. The lowest BCUT2D eigenvalue weighted by atomic mass is 10.1. The van der Waals surface area contributed by atoms with E-state index in [1.54, 1.807) is 0 Å². The van der Waals surface area contributed by atoms with Gasteiger partial charge in [-0.2, -0.15) is 5.10 Å². The van der Waals surface area contributed by atoms with E-state index >= 15 is 0 Å². The largest absolute Gasteiger partial charge is 0.303 e. The van der Waals surface area contributed by atoms with E-state index in [0.29, 0.717) is 0 Å². The minimum absolute atomic E-state index is 0.203. The van der Waals surface area contributed by atoms with Gasteiger partial charge in [0.2, 0.25) is 0 Å². The molecule has 0 aliphatic rings. The Morgan fingerprint density at radius 3 is 2.56 bits per heavy atom. The molecule has 1 N–H and O–H groups in total. The fourth-order valence-electron chi connectivity index (χ4n) is 2.05. The zero-order chi connectivity index (χ0) is 13.1. The zero-order valence-corrected chi connectivity index (χ0v) is 11.6. The Hall–Kier alpha value is -1.32. The van der Waals surface area contributed by atoms with Gasteiger partial charge >= 0.3 is 0 Å². The molecule has 0 aliphatic heterocycles. The highest BCUT2D eigenvalue weighted by Crippen LogP contribution is 2.24. The highest BCUT2D eigenvalue weighted by molar-refractivity contribution is 6.31. The number of nitrogens with one attached hydrogen (secondary N) is 1. The van der Waals surface area contributed by atoms with Gasteiger partial charge in [0.05, 0.1) is 6.20 Å². The third-order valence-electron chi connectivity index (χ3n) is 3.10. The van der Waals surface area contributed by atoms with Gasteiger partial charge in [0.25, 0.3) is 0 Å². The average molecular weight is 264 g/mol. The molecular weight excluding hydrogens is 246 g/mol. The Kier molecular flexibility index (Phi) is 4.04. The van der Waals surface area contributed by atoms with Crippen LogP contribution in [0, 0.1) is 0 Å². The zero-order valence-electron chi connectivity index (χ0n) is 10.9. The summed E-state index contributed by atoms with van der Waals surface area (Å²) in [5, 5.41) is 8.52. The van der Waals surface area contributed by atoms with Crippen LogP contribution < -0.4 is 5.32 Å². The molecule has 1 heterocycles. The van der Waals surface area contributed by atoms with Gasteiger partial charge in [0, 0.05) is 35.9 Å². The van der Waals surface area contributed by atoms with Crippen LogP contribution in [0.25, 0.3) is 0 Å². The molecule has 96 valence electrons. The molecule has 0 spiro atoms. The molecule has 2 unspecified atom stereocenters. The lowest BCUT2D eigenvalue weighted by Gasteiger charge is -2.20. The quantitative estimate of drug-likeness (QED) is 0.915. The molecule has 0 aliphatic carbocycles. The second kappa shape index (κ2) is 5.55. The van der Waals surface area contributed by atoms with Crippen molar-refractivity contribution < 1.29 is 0 Å². The summed E-state index contributed by atoms with van der Waals surface area (Å²) in [6.07, 6.45) is 3.91. The highest BCUT2D eigenvalue weighted by Gasteiger charge is 2.14. The lowest BCUT2D eigenvalue weighted by molar-refractivity contribution is 0.494. The van der Waals surface area contributed by atoms with E-state index in [2.05, 4.69) is 30.3 Å². The van der Waals surface area contributed by atoms with Gasteiger partial charge in [-0.05, 0) is 25.5 Å². The van der Waals surface area contributed by atoms with Crippen LogP contribution in [0.15, 0.2) is 36.7 Å². The molecule has 2 aromatic rings. The number of hydrogen-bond acceptors (Lipinski definition) is 2. The summed E-state index contributed by atoms with van der Waals surface area (Å²) in [7, 11) is 1.92. The molecule has 0 saturated carbocycles. The van der Waals surface area contributed by atoms with Gasteiger partial charge in [-0.15, -0.1) is 0 Å². The molecule has 0 saturated heterocycles. The standard InChI is InChI=1S/C14H18ClN3/c1-10(12-8-16-18(3)9-12)17-11(2)13-6-4-5-7-14(13)15/h4-11,17H,1-3H3. The lowest BCUT2D eigenvalue weighted by Crippen LogP contribution is -2.22. The van der Waals surface area contributed by atoms with Crippen molar-refractivity contribution in [3.8, 4) is 0 Å². The molecule has 1 aromatic heterocycles. The molecule has 0 bridgehead atoms. The van der Waals surface area contributed by atoms with E-state index in [0.717, 1.165) is 10.6 Å². The summed E-state index contributed by atoms with van der Waals surface area (Å²) < 4.78 is 1.81. The van der Waals surface area contributed by atoms with Crippen LogP contribution in [0.3, 0.4) is 0 Å². The van der Waals surface area contributed by atoms with Crippen LogP contribution in [0.5, 0.6) is 0 Å². The Labute approximate surface area is 113 Å². The van der Waals surface area contributed by atoms with E-state index in [9.17, 15) is 0 Å². The van der Waals surface area contributed by atoms with Crippen LogP contribution in [0.2, 0.25) is 5.02 Å². The van der Waals surface area contributed by atoms with Crippen molar-refractivity contribution in [1.82, 2.24) is 15.1 Å². The molecule has 0 radical (unpaired) electrons. The topological polar surface area (TPSA) is 29.9 Å². The van der Waals surface area contributed by atoms with E-state index in [1.807, 2.05) is 42.3 Å². The number of aromatic nitrogens is 2. The van der Waals surface area contributed by atoms with Crippen LogP contribution >= 0.6 is 11.6 Å². The maximum atomic E-state index is 6.20. The van der Waals surface area contributed by atoms with E-state index < -0.39 is 0 Å². The van der Waals surface area contributed by atoms with Crippen molar-refractivity contribution >= 4 is 11.6 Å². The highest BCUT2D eigenvalue weighted by atomic mass is 35.5. The van der Waals surface area contributed by atoms with Crippen LogP contribution in [0.4, 0.5) is 0 Å². The first-order chi connectivity index (χ1) is 8.58. The fraction of sp³-hybridized carbons (Fsp3) is 0.357. The normalized spacial score (nSPS) is 14.4. The van der Waals surface area contributed by atoms with Crippen LogP contribution in [-0.4, -0.2) is 9.78 Å². The number of nitrogens with zero attached hydrogens (tertiary/aromatic N) is 2. The third-order valence-corrected chi connectivity index (χ3v) is 3.44. The van der Waals surface area contributed by atoms with Crippen molar-refractivity contribution in [2.24, 2.45) is 7.05 Å². The van der Waals surface area contributed by atoms with Crippen molar-refractivity contribution in [1.29, 1.82) is 0 Å². The predicted octanol–water partition coefficient (Wildman–Crippen LogP) is 3.49. The molecule has 2 atom stereocenters. The third kappa shape index (κ3) is 2.92. The van der Waals surface area contributed by atoms with Crippen molar-refractivity contribution in [3.05, 3.63) is 52.8 Å². The number of hydrogen-bond donors (Lipinski definition) is 1. The van der Waals surface area contributed by atoms with Gasteiger partial charge in [-0.3, -0.25) is 4.68 Å². The molecule has 1 aromatic carbocycles. The number of halogens is 1. The first kappa shape index (κ1) is 13.1. The van der Waals surface area contributed by atoms with Gasteiger partial charge in [0.1, 0.15) is 0 Å². The van der Waals surface area contributed by atoms with Crippen LogP contribution in [-0.2, 0) is 7.05 Å². The van der Waals surface area contributed by atoms with E-state index in [-0.39, 0.29) is 12.1 Å². The summed E-state index contributed by atoms with van der Waals surface area (Å²) in [6.45, 7) is 4.25. The molecule has 0 fully saturated rings. The average Bonchev–Trinajstić information content (AvgIpc) is 2.76. The van der Waals surface area contributed by atoms with Crippen molar-refractivity contribution in [2.75, 3.05) is 0 Å². The Morgan fingerprint density at radius 2 is 1.94 bits per heavy atom. The summed E-state index contributed by atoms with van der Waals surface area (Å²) >= 11 is 6.20. The monoisotopic (exact) mass is 263 g/mol. The Bertz CT molecular complexity index is 521. The second-order valence-corrected chi connectivity index (χ2v) is 4.99. The smallest absolute Gasteiger partial charge is 0.0537 e. The van der Waals surface area contributed by atoms with Gasteiger partial charge < -0.3 is 5.32 Å². The predicted molar refractivity (Wildman–Crippen MR) is 74.6 cm³/mol. The molecule has 3 nitrogen and oxygen atoms in total. The minimum Gasteiger partial charge on any atom is -0.303 e. The minimum atomic E-state index is 0.203. The van der Waals surface area contributed by atoms with Crippen molar-refractivity contribution in [2.45, 2.75) is 25.9 Å². The summed E-state index contributed by atoms with van der Waals surface area (Å²) in [6, 6.07) is 8.37. The van der Waals surface area contributed by atoms with E-state index in [4.69, 9.17) is 11.6 Å². The summed E-state index contributed by atoms with van der Waals surface area (Å²) in [5.41, 5.74) is 2.30. The number of rotatable bonds is 4. The molecule has 4 heteroatoms. The summed E-state index contributed by atoms with van der Waals surface area (Å²) in [5.74, 6) is 0. The second-order valence-electron chi connectivity index (χ2n) is 4.58. The number of benzene rings is 1. The Balaban J connectivity index is 2.08. The maximum absolute atomic E-state index is 6.20. The van der Waals surface area contributed by atoms with Crippen LogP contribution in [0.1, 0.15) is 37.1 Å². The molecule has 0 amide bonds. The maximum Gasteiger partial charge on any atom is 0.0537 e. The van der Waals surface area contributed by atoms with Crippen molar-refractivity contribution in [3.63, 3.8) is 0 Å². The van der Waals surface area contributed by atoms with E-state index in [1.165, 1.54) is 5.56 Å². The molecule has 2 rings (SSSR count). The summed E-state index contributed by atoms with van der Waals surface area (Å²) in [4.78, 5) is 0. The van der Waals surface area contributed by atoms with Gasteiger partial charge in [-0.25, -0.2) is 0 Å². The first-order valence-corrected chi connectivity index (χ1v) is 6.44. The SMILES string of the molecule is CC(NC(C)c1ccccc1Cl)c1cnn(C)c1. The van der Waals surface area contributed by atoms with Gasteiger partial charge in [0.15, 0.2) is 0 Å².